The number of nitrogens with one attached hydrogen (secondary N) is 1. The second kappa shape index (κ2) is 5.22. The van der Waals surface area contributed by atoms with Crippen molar-refractivity contribution in [2.45, 2.75) is 46.1 Å². The van der Waals surface area contributed by atoms with Gasteiger partial charge in [0.05, 0.1) is 0 Å². The van der Waals surface area contributed by atoms with Crippen LogP contribution in [-0.2, 0) is 0 Å². The highest BCUT2D eigenvalue weighted by atomic mass is 14.9. The Bertz CT molecular complexity index is 383. The Hall–Kier alpha value is -0.820. The summed E-state index contributed by atoms with van der Waals surface area (Å²) in [6.07, 6.45) is 4.15. The molecule has 3 atom stereocenters. The molecular formula is C16H25N. The average molecular weight is 231 g/mol. The topological polar surface area (TPSA) is 12.0 Å². The maximum absolute atomic E-state index is 3.54. The van der Waals surface area contributed by atoms with Gasteiger partial charge < -0.3 is 5.32 Å². The second-order valence-corrected chi connectivity index (χ2v) is 5.80. The van der Waals surface area contributed by atoms with Gasteiger partial charge in [0.25, 0.3) is 0 Å². The number of rotatable bonds is 3. The number of benzene rings is 1. The van der Waals surface area contributed by atoms with E-state index in [9.17, 15) is 0 Å². The number of aryl methyl sites for hydroxylation is 2. The van der Waals surface area contributed by atoms with Gasteiger partial charge in [-0.3, -0.25) is 0 Å². The lowest BCUT2D eigenvalue weighted by Gasteiger charge is -2.25. The van der Waals surface area contributed by atoms with Crippen LogP contribution in [0.15, 0.2) is 18.2 Å². The Balaban J connectivity index is 2.23. The highest BCUT2D eigenvalue weighted by Crippen LogP contribution is 2.39. The largest absolute Gasteiger partial charge is 0.313 e. The summed E-state index contributed by atoms with van der Waals surface area (Å²) < 4.78 is 0. The van der Waals surface area contributed by atoms with E-state index < -0.39 is 0 Å². The summed E-state index contributed by atoms with van der Waals surface area (Å²) in [5.74, 6) is 1.72. The van der Waals surface area contributed by atoms with E-state index in [0.29, 0.717) is 6.04 Å². The Morgan fingerprint density at radius 2 is 2.00 bits per heavy atom. The minimum Gasteiger partial charge on any atom is -0.313 e. The molecule has 1 saturated carbocycles. The van der Waals surface area contributed by atoms with Gasteiger partial charge >= 0.3 is 0 Å². The summed E-state index contributed by atoms with van der Waals surface area (Å²) in [6.45, 7) is 6.79. The maximum atomic E-state index is 3.54. The molecule has 1 aromatic carbocycles. The molecule has 3 unspecified atom stereocenters. The first kappa shape index (κ1) is 12.6. The van der Waals surface area contributed by atoms with Gasteiger partial charge in [-0.05, 0) is 56.7 Å². The summed E-state index contributed by atoms with van der Waals surface area (Å²) in [4.78, 5) is 0. The molecule has 1 nitrogen and oxygen atoms in total. The van der Waals surface area contributed by atoms with Gasteiger partial charge in [0.2, 0.25) is 0 Å². The summed E-state index contributed by atoms with van der Waals surface area (Å²) in [5.41, 5.74) is 4.29. The predicted octanol–water partition coefficient (Wildman–Crippen LogP) is 4.00. The van der Waals surface area contributed by atoms with Crippen LogP contribution in [0.25, 0.3) is 0 Å². The van der Waals surface area contributed by atoms with Crippen molar-refractivity contribution in [3.63, 3.8) is 0 Å². The van der Waals surface area contributed by atoms with Gasteiger partial charge in [0.15, 0.2) is 0 Å². The SMILES string of the molecule is CNC(c1ccc(C)cc1C)C1CCC(C)C1. The van der Waals surface area contributed by atoms with Crippen LogP contribution in [0.5, 0.6) is 0 Å². The minimum absolute atomic E-state index is 0.542. The van der Waals surface area contributed by atoms with E-state index in [4.69, 9.17) is 0 Å². The van der Waals surface area contributed by atoms with Gasteiger partial charge in [-0.1, -0.05) is 37.1 Å². The molecular weight excluding hydrogens is 206 g/mol. The van der Waals surface area contributed by atoms with Crippen molar-refractivity contribution in [2.24, 2.45) is 11.8 Å². The fourth-order valence-electron chi connectivity index (χ4n) is 3.37. The molecule has 1 heteroatoms. The smallest absolute Gasteiger partial charge is 0.0348 e. The normalized spacial score (nSPS) is 26.1. The van der Waals surface area contributed by atoms with Crippen molar-refractivity contribution < 1.29 is 0 Å². The molecule has 0 aromatic heterocycles. The van der Waals surface area contributed by atoms with E-state index in [-0.39, 0.29) is 0 Å². The molecule has 0 aliphatic heterocycles. The zero-order valence-corrected chi connectivity index (χ0v) is 11.6. The summed E-state index contributed by atoms with van der Waals surface area (Å²) in [7, 11) is 2.10. The Kier molecular flexibility index (Phi) is 3.88. The Morgan fingerprint density at radius 3 is 2.53 bits per heavy atom. The van der Waals surface area contributed by atoms with Crippen LogP contribution in [0.2, 0.25) is 0 Å². The van der Waals surface area contributed by atoms with Crippen LogP contribution in [0.1, 0.15) is 48.9 Å². The minimum atomic E-state index is 0.542. The molecule has 0 radical (unpaired) electrons. The van der Waals surface area contributed by atoms with Crippen LogP contribution < -0.4 is 5.32 Å². The van der Waals surface area contributed by atoms with Crippen LogP contribution in [0, 0.1) is 25.7 Å². The molecule has 2 rings (SSSR count). The van der Waals surface area contributed by atoms with E-state index in [1.165, 1.54) is 36.0 Å². The standard InChI is InChI=1S/C16H25N/c1-11-6-8-15(13(3)9-11)16(17-4)14-7-5-12(2)10-14/h6,8-9,12,14,16-17H,5,7,10H2,1-4H3. The van der Waals surface area contributed by atoms with Gasteiger partial charge in [-0.15, -0.1) is 0 Å². The van der Waals surface area contributed by atoms with Crippen LogP contribution in [0.3, 0.4) is 0 Å². The highest BCUT2D eigenvalue weighted by Gasteiger charge is 2.29. The highest BCUT2D eigenvalue weighted by molar-refractivity contribution is 5.33. The number of hydrogen-bond donors (Lipinski definition) is 1. The third kappa shape index (κ3) is 2.71. The lowest BCUT2D eigenvalue weighted by Crippen LogP contribution is -2.24. The van der Waals surface area contributed by atoms with Crippen molar-refractivity contribution in [1.82, 2.24) is 5.32 Å². The van der Waals surface area contributed by atoms with E-state index in [1.54, 1.807) is 0 Å². The Labute approximate surface area is 106 Å². The van der Waals surface area contributed by atoms with Gasteiger partial charge in [0, 0.05) is 6.04 Å². The van der Waals surface area contributed by atoms with Crippen molar-refractivity contribution in [1.29, 1.82) is 0 Å². The molecule has 1 fully saturated rings. The lowest BCUT2D eigenvalue weighted by molar-refractivity contribution is 0.378. The van der Waals surface area contributed by atoms with E-state index in [0.717, 1.165) is 11.8 Å². The third-order valence-corrected chi connectivity index (χ3v) is 4.28. The van der Waals surface area contributed by atoms with Crippen molar-refractivity contribution in [3.05, 3.63) is 34.9 Å². The zero-order chi connectivity index (χ0) is 12.4. The summed E-state index contributed by atoms with van der Waals surface area (Å²) in [6, 6.07) is 7.40. The monoisotopic (exact) mass is 231 g/mol. The summed E-state index contributed by atoms with van der Waals surface area (Å²) >= 11 is 0. The van der Waals surface area contributed by atoms with E-state index in [2.05, 4.69) is 51.3 Å². The van der Waals surface area contributed by atoms with Gasteiger partial charge in [-0.25, -0.2) is 0 Å². The van der Waals surface area contributed by atoms with Crippen LogP contribution in [-0.4, -0.2) is 7.05 Å². The van der Waals surface area contributed by atoms with Crippen LogP contribution in [0.4, 0.5) is 0 Å². The van der Waals surface area contributed by atoms with E-state index >= 15 is 0 Å². The molecule has 0 spiro atoms. The molecule has 0 heterocycles. The maximum Gasteiger partial charge on any atom is 0.0348 e. The molecule has 1 N–H and O–H groups in total. The quantitative estimate of drug-likeness (QED) is 0.829. The first-order valence-electron chi connectivity index (χ1n) is 6.86. The molecule has 0 saturated heterocycles. The number of hydrogen-bond acceptors (Lipinski definition) is 1. The Morgan fingerprint density at radius 1 is 1.24 bits per heavy atom. The fraction of sp³-hybridized carbons (Fsp3) is 0.625. The molecule has 1 aromatic rings. The summed E-state index contributed by atoms with van der Waals surface area (Å²) in [5, 5.41) is 3.54. The molecule has 1 aliphatic carbocycles. The second-order valence-electron chi connectivity index (χ2n) is 5.80. The molecule has 0 amide bonds. The van der Waals surface area contributed by atoms with Crippen molar-refractivity contribution >= 4 is 0 Å². The predicted molar refractivity (Wildman–Crippen MR) is 74.2 cm³/mol. The molecule has 1 aliphatic rings. The fourth-order valence-corrected chi connectivity index (χ4v) is 3.37. The molecule has 17 heavy (non-hydrogen) atoms. The van der Waals surface area contributed by atoms with Crippen molar-refractivity contribution in [2.75, 3.05) is 7.05 Å². The van der Waals surface area contributed by atoms with E-state index in [1.807, 2.05) is 0 Å². The average Bonchev–Trinajstić information content (AvgIpc) is 2.69. The molecule has 0 bridgehead atoms. The van der Waals surface area contributed by atoms with Gasteiger partial charge in [-0.2, -0.15) is 0 Å². The first-order chi connectivity index (χ1) is 8.11. The molecule has 94 valence electrons. The third-order valence-electron chi connectivity index (χ3n) is 4.28. The zero-order valence-electron chi connectivity index (χ0n) is 11.6. The van der Waals surface area contributed by atoms with Gasteiger partial charge in [0.1, 0.15) is 0 Å². The first-order valence-corrected chi connectivity index (χ1v) is 6.86. The lowest BCUT2D eigenvalue weighted by atomic mass is 9.88. The van der Waals surface area contributed by atoms with Crippen molar-refractivity contribution in [3.8, 4) is 0 Å². The van der Waals surface area contributed by atoms with Crippen LogP contribution >= 0.6 is 0 Å².